The summed E-state index contributed by atoms with van der Waals surface area (Å²) in [5.74, 6) is -2.42. The molecule has 0 heterocycles. The van der Waals surface area contributed by atoms with E-state index in [1.165, 1.54) is 18.8 Å². The van der Waals surface area contributed by atoms with Gasteiger partial charge in [0.1, 0.15) is 18.1 Å². The van der Waals surface area contributed by atoms with Crippen LogP contribution in [-0.2, 0) is 14.4 Å². The Hall–Kier alpha value is -1.40. The lowest BCUT2D eigenvalue weighted by Gasteiger charge is -2.11. The van der Waals surface area contributed by atoms with Gasteiger partial charge in [-0.3, -0.25) is 14.4 Å². The highest BCUT2D eigenvalue weighted by atomic mass is 32.2. The molecule has 0 aliphatic rings. The van der Waals surface area contributed by atoms with Crippen molar-refractivity contribution >= 4 is 29.7 Å². The smallest absolute Gasteiger partial charge is 0.321 e. The first-order valence-corrected chi connectivity index (χ1v) is 8.89. The number of hydrogen-bond acceptors (Lipinski definition) is 8. The van der Waals surface area contributed by atoms with Gasteiger partial charge in [0.05, 0.1) is 0 Å². The summed E-state index contributed by atoms with van der Waals surface area (Å²) in [5, 5.41) is 39.5. The number of hydrogen-bond donors (Lipinski definition) is 7. The van der Waals surface area contributed by atoms with Gasteiger partial charge in [0.25, 0.3) is 0 Å². The number of thioether (sulfide) groups is 1. The Morgan fingerprint density at radius 3 is 1.96 bits per heavy atom. The van der Waals surface area contributed by atoms with Gasteiger partial charge < -0.3 is 36.8 Å². The molecule has 10 nitrogen and oxygen atoms in total. The van der Waals surface area contributed by atoms with Gasteiger partial charge in [0, 0.05) is 18.1 Å². The number of nitrogens with two attached hydrogens (primary N) is 1. The Labute approximate surface area is 151 Å². The van der Waals surface area contributed by atoms with E-state index in [4.69, 9.17) is 26.2 Å². The molecule has 8 N–H and O–H groups in total. The van der Waals surface area contributed by atoms with Crippen LogP contribution in [-0.4, -0.2) is 88.2 Å². The van der Waals surface area contributed by atoms with Crippen LogP contribution >= 0.6 is 11.8 Å². The van der Waals surface area contributed by atoms with Crippen molar-refractivity contribution < 1.29 is 34.8 Å². The predicted molar refractivity (Wildman–Crippen MR) is 94.8 cm³/mol. The second-order valence-corrected chi connectivity index (χ2v) is 6.09. The van der Waals surface area contributed by atoms with Crippen molar-refractivity contribution in [3.8, 4) is 0 Å². The highest BCUT2D eigenvalue weighted by Crippen LogP contribution is 2.04. The summed E-state index contributed by atoms with van der Waals surface area (Å²) in [7, 11) is 1.54. The van der Waals surface area contributed by atoms with E-state index in [1.807, 2.05) is 6.92 Å². The van der Waals surface area contributed by atoms with Crippen molar-refractivity contribution in [1.82, 2.24) is 10.6 Å². The first kappa shape index (κ1) is 25.8. The number of aliphatic hydroxyl groups is 1. The molecule has 0 amide bonds. The lowest BCUT2D eigenvalue weighted by Crippen LogP contribution is -2.38. The fourth-order valence-electron chi connectivity index (χ4n) is 1.42. The number of rotatable bonds is 13. The molecule has 0 aromatic rings. The first-order chi connectivity index (χ1) is 11.7. The molecule has 0 aromatic carbocycles. The molecule has 0 saturated carbocycles. The SMILES string of the molecule is CCCNC(CCO)C(=O)O.CNC(CSCC(N)C(=O)O)C(=O)O. The standard InChI is InChI=1S/C7H14N2O4S.C7H15NO3/c1-9-5(7(12)13)3-14-2-4(8)6(10)11;1-2-4-8-6(3-5-9)7(10)11/h4-5,9H,2-3,8H2,1H3,(H,10,11)(H,12,13);6,8-9H,2-5H2,1H3,(H,10,11). The summed E-state index contributed by atoms with van der Waals surface area (Å²) in [6.07, 6.45) is 1.17. The van der Waals surface area contributed by atoms with Crippen molar-refractivity contribution in [2.24, 2.45) is 5.73 Å². The van der Waals surface area contributed by atoms with E-state index < -0.39 is 36.0 Å². The molecule has 0 rings (SSSR count). The van der Waals surface area contributed by atoms with E-state index in [1.54, 1.807) is 0 Å². The Bertz CT molecular complexity index is 399. The van der Waals surface area contributed by atoms with Gasteiger partial charge >= 0.3 is 17.9 Å². The third kappa shape index (κ3) is 14.6. The van der Waals surface area contributed by atoms with Gasteiger partial charge in [-0.2, -0.15) is 11.8 Å². The molecule has 25 heavy (non-hydrogen) atoms. The zero-order chi connectivity index (χ0) is 19.8. The van der Waals surface area contributed by atoms with Crippen LogP contribution < -0.4 is 16.4 Å². The molecule has 0 aliphatic carbocycles. The highest BCUT2D eigenvalue weighted by molar-refractivity contribution is 7.99. The molecule has 0 aromatic heterocycles. The minimum absolute atomic E-state index is 0.0896. The van der Waals surface area contributed by atoms with Crippen molar-refractivity contribution in [3.05, 3.63) is 0 Å². The van der Waals surface area contributed by atoms with Crippen LogP contribution in [0, 0.1) is 0 Å². The van der Waals surface area contributed by atoms with E-state index in [0.717, 1.165) is 6.42 Å². The van der Waals surface area contributed by atoms with E-state index >= 15 is 0 Å². The maximum Gasteiger partial charge on any atom is 0.321 e. The molecular formula is C14H29N3O7S. The monoisotopic (exact) mass is 383 g/mol. The van der Waals surface area contributed by atoms with Crippen LogP contribution in [0.2, 0.25) is 0 Å². The molecule has 0 fully saturated rings. The maximum atomic E-state index is 10.5. The van der Waals surface area contributed by atoms with Crippen LogP contribution in [0.1, 0.15) is 19.8 Å². The number of aliphatic carboxylic acids is 3. The van der Waals surface area contributed by atoms with E-state index in [9.17, 15) is 14.4 Å². The average molecular weight is 383 g/mol. The zero-order valence-corrected chi connectivity index (χ0v) is 15.3. The number of carboxylic acids is 3. The second-order valence-electron chi connectivity index (χ2n) is 5.02. The quantitative estimate of drug-likeness (QED) is 0.199. The Morgan fingerprint density at radius 2 is 1.60 bits per heavy atom. The Balaban J connectivity index is 0. The minimum Gasteiger partial charge on any atom is -0.480 e. The number of nitrogens with one attached hydrogen (secondary N) is 2. The van der Waals surface area contributed by atoms with Gasteiger partial charge in [-0.25, -0.2) is 0 Å². The van der Waals surface area contributed by atoms with Crippen molar-refractivity contribution in [2.75, 3.05) is 31.7 Å². The number of carboxylic acid groups (broad SMARTS) is 3. The van der Waals surface area contributed by atoms with E-state index in [2.05, 4.69) is 10.6 Å². The highest BCUT2D eigenvalue weighted by Gasteiger charge is 2.17. The molecule has 0 saturated heterocycles. The van der Waals surface area contributed by atoms with E-state index in [0.29, 0.717) is 12.3 Å². The normalized spacial score (nSPS) is 13.9. The summed E-state index contributed by atoms with van der Waals surface area (Å²) in [4.78, 5) is 31.2. The van der Waals surface area contributed by atoms with Crippen LogP contribution in [0.15, 0.2) is 0 Å². The summed E-state index contributed by atoms with van der Waals surface area (Å²) in [5.41, 5.74) is 5.23. The predicted octanol–water partition coefficient (Wildman–Crippen LogP) is -1.37. The third-order valence-corrected chi connectivity index (χ3v) is 4.07. The molecular weight excluding hydrogens is 354 g/mol. The molecule has 148 valence electrons. The van der Waals surface area contributed by atoms with Crippen LogP contribution in [0.3, 0.4) is 0 Å². The van der Waals surface area contributed by atoms with Gasteiger partial charge in [-0.05, 0) is 26.4 Å². The van der Waals surface area contributed by atoms with Crippen molar-refractivity contribution in [1.29, 1.82) is 0 Å². The average Bonchev–Trinajstić information content (AvgIpc) is 2.55. The van der Waals surface area contributed by atoms with Gasteiger partial charge in [0.2, 0.25) is 0 Å². The van der Waals surface area contributed by atoms with Gasteiger partial charge in [-0.15, -0.1) is 0 Å². The molecule has 0 spiro atoms. The van der Waals surface area contributed by atoms with E-state index in [-0.39, 0.29) is 18.8 Å². The molecule has 11 heteroatoms. The minimum atomic E-state index is -1.08. The molecule has 3 atom stereocenters. The number of carbonyl (C=O) groups is 3. The lowest BCUT2D eigenvalue weighted by molar-refractivity contribution is -0.140. The lowest BCUT2D eigenvalue weighted by atomic mass is 10.2. The zero-order valence-electron chi connectivity index (χ0n) is 14.5. The fourth-order valence-corrected chi connectivity index (χ4v) is 2.50. The second kappa shape index (κ2) is 16.1. The third-order valence-electron chi connectivity index (χ3n) is 2.90. The van der Waals surface area contributed by atoms with Gasteiger partial charge in [0.15, 0.2) is 0 Å². The first-order valence-electron chi connectivity index (χ1n) is 7.74. The summed E-state index contributed by atoms with van der Waals surface area (Å²) < 4.78 is 0. The molecule has 3 unspecified atom stereocenters. The topological polar surface area (TPSA) is 182 Å². The number of likely N-dealkylation sites (N-methyl/N-ethyl adjacent to an activating group) is 1. The summed E-state index contributed by atoms with van der Waals surface area (Å²) in [6, 6.07) is -2.20. The Kier molecular flexibility index (Phi) is 16.6. The molecule has 0 bridgehead atoms. The van der Waals surface area contributed by atoms with Crippen LogP contribution in [0.25, 0.3) is 0 Å². The summed E-state index contributed by atoms with van der Waals surface area (Å²) >= 11 is 1.20. The fraction of sp³-hybridized carbons (Fsp3) is 0.786. The van der Waals surface area contributed by atoms with Crippen molar-refractivity contribution in [2.45, 2.75) is 37.9 Å². The van der Waals surface area contributed by atoms with Crippen molar-refractivity contribution in [3.63, 3.8) is 0 Å². The Morgan fingerprint density at radius 1 is 1.04 bits per heavy atom. The van der Waals surface area contributed by atoms with Gasteiger partial charge in [-0.1, -0.05) is 6.92 Å². The largest absolute Gasteiger partial charge is 0.480 e. The molecule has 0 aliphatic heterocycles. The van der Waals surface area contributed by atoms with Crippen LogP contribution in [0.5, 0.6) is 0 Å². The number of aliphatic hydroxyl groups excluding tert-OH is 1. The molecule has 0 radical (unpaired) electrons. The summed E-state index contributed by atoms with van der Waals surface area (Å²) in [6.45, 7) is 2.55. The maximum absolute atomic E-state index is 10.5. The van der Waals surface area contributed by atoms with Crippen LogP contribution in [0.4, 0.5) is 0 Å².